The molecule has 154 valence electrons. The largest absolute Gasteiger partial charge is 0.331 e. The minimum atomic E-state index is -0.284. The molecule has 6 heteroatoms. The Morgan fingerprint density at radius 1 is 1.14 bits per heavy atom. The first-order valence-corrected chi connectivity index (χ1v) is 10.6. The van der Waals surface area contributed by atoms with Crippen LogP contribution in [0.2, 0.25) is 5.02 Å². The summed E-state index contributed by atoms with van der Waals surface area (Å²) >= 11 is 6.28. The average Bonchev–Trinajstić information content (AvgIpc) is 3.04. The molecule has 0 unspecified atom stereocenters. The third-order valence-electron chi connectivity index (χ3n) is 4.99. The lowest BCUT2D eigenvalue weighted by Gasteiger charge is -2.23. The third-order valence-corrected chi connectivity index (χ3v) is 5.32. The van der Waals surface area contributed by atoms with E-state index in [9.17, 15) is 9.18 Å². The lowest BCUT2D eigenvalue weighted by Crippen LogP contribution is -2.33. The summed E-state index contributed by atoms with van der Waals surface area (Å²) in [5.41, 5.74) is 2.00. The fourth-order valence-corrected chi connectivity index (χ4v) is 3.74. The van der Waals surface area contributed by atoms with Crippen LogP contribution >= 0.6 is 11.6 Å². The zero-order valence-electron chi connectivity index (χ0n) is 17.0. The molecular weight excluding hydrogens is 389 g/mol. The zero-order chi connectivity index (χ0) is 20.8. The summed E-state index contributed by atoms with van der Waals surface area (Å²) in [4.78, 5) is 19.8. The van der Waals surface area contributed by atoms with E-state index in [2.05, 4.69) is 13.8 Å². The van der Waals surface area contributed by atoms with E-state index in [1.54, 1.807) is 23.1 Å². The predicted molar refractivity (Wildman–Crippen MR) is 116 cm³/mol. The van der Waals surface area contributed by atoms with Crippen molar-refractivity contribution in [2.24, 2.45) is 0 Å². The van der Waals surface area contributed by atoms with Gasteiger partial charge in [0.15, 0.2) is 0 Å². The van der Waals surface area contributed by atoms with E-state index >= 15 is 0 Å². The van der Waals surface area contributed by atoms with E-state index in [-0.39, 0.29) is 11.7 Å². The molecule has 3 aromatic rings. The van der Waals surface area contributed by atoms with Crippen molar-refractivity contribution in [3.63, 3.8) is 0 Å². The van der Waals surface area contributed by atoms with Crippen LogP contribution < -0.4 is 0 Å². The lowest BCUT2D eigenvalue weighted by atomic mass is 10.1. The molecule has 0 bridgehead atoms. The number of carbonyl (C=O) groups is 1. The highest BCUT2D eigenvalue weighted by molar-refractivity contribution is 6.33. The average molecular weight is 416 g/mol. The van der Waals surface area contributed by atoms with E-state index in [4.69, 9.17) is 16.6 Å². The Labute approximate surface area is 176 Å². The van der Waals surface area contributed by atoms with Crippen LogP contribution in [-0.4, -0.2) is 26.9 Å². The number of amides is 1. The molecule has 0 fully saturated rings. The molecule has 29 heavy (non-hydrogen) atoms. The highest BCUT2D eigenvalue weighted by atomic mass is 35.5. The second-order valence-corrected chi connectivity index (χ2v) is 7.63. The van der Waals surface area contributed by atoms with Crippen molar-refractivity contribution in [3.05, 3.63) is 64.7 Å². The SMILES string of the molecule is CCCCCN(Cc1nc2ccc(F)cc2n1CCC)C(=O)c1ccccc1Cl. The number of fused-ring (bicyclic) bond motifs is 1. The summed E-state index contributed by atoms with van der Waals surface area (Å²) in [6.45, 7) is 5.92. The Morgan fingerprint density at radius 2 is 1.93 bits per heavy atom. The van der Waals surface area contributed by atoms with Crippen LogP contribution in [0.4, 0.5) is 4.39 Å². The van der Waals surface area contributed by atoms with E-state index in [1.165, 1.54) is 12.1 Å². The Bertz CT molecular complexity index is 985. The molecule has 0 aliphatic rings. The first kappa shape index (κ1) is 21.3. The maximum absolute atomic E-state index is 13.8. The molecule has 0 aliphatic heterocycles. The van der Waals surface area contributed by atoms with Crippen molar-refractivity contribution >= 4 is 28.5 Å². The van der Waals surface area contributed by atoms with Gasteiger partial charge in [0.2, 0.25) is 0 Å². The number of unbranched alkanes of at least 4 members (excludes halogenated alkanes) is 2. The van der Waals surface area contributed by atoms with Gasteiger partial charge in [-0.2, -0.15) is 0 Å². The van der Waals surface area contributed by atoms with E-state index in [0.717, 1.165) is 49.1 Å². The molecule has 1 amide bonds. The molecule has 1 heterocycles. The molecule has 1 aromatic heterocycles. The van der Waals surface area contributed by atoms with Gasteiger partial charge in [-0.3, -0.25) is 4.79 Å². The fourth-order valence-electron chi connectivity index (χ4n) is 3.52. The summed E-state index contributed by atoms with van der Waals surface area (Å²) in [5.74, 6) is 0.380. The van der Waals surface area contributed by atoms with Crippen molar-refractivity contribution < 1.29 is 9.18 Å². The molecule has 0 atom stereocenters. The number of halogens is 2. The van der Waals surface area contributed by atoms with Gasteiger partial charge in [-0.05, 0) is 43.2 Å². The fraction of sp³-hybridized carbons (Fsp3) is 0.391. The topological polar surface area (TPSA) is 38.1 Å². The van der Waals surface area contributed by atoms with Crippen LogP contribution in [0, 0.1) is 5.82 Å². The number of aromatic nitrogens is 2. The van der Waals surface area contributed by atoms with Gasteiger partial charge in [0.1, 0.15) is 11.6 Å². The Kier molecular flexibility index (Phi) is 7.26. The minimum absolute atomic E-state index is 0.104. The molecule has 3 rings (SSSR count). The second kappa shape index (κ2) is 9.88. The monoisotopic (exact) mass is 415 g/mol. The highest BCUT2D eigenvalue weighted by Crippen LogP contribution is 2.22. The first-order valence-electron chi connectivity index (χ1n) is 10.2. The van der Waals surface area contributed by atoms with Crippen molar-refractivity contribution in [3.8, 4) is 0 Å². The molecule has 4 nitrogen and oxygen atoms in total. The molecular formula is C23H27ClFN3O. The maximum Gasteiger partial charge on any atom is 0.255 e. The van der Waals surface area contributed by atoms with E-state index in [0.29, 0.717) is 23.7 Å². The molecule has 0 saturated carbocycles. The van der Waals surface area contributed by atoms with Gasteiger partial charge in [0.05, 0.1) is 28.2 Å². The molecule has 0 aliphatic carbocycles. The molecule has 0 radical (unpaired) electrons. The van der Waals surface area contributed by atoms with Crippen LogP contribution in [0.15, 0.2) is 42.5 Å². The van der Waals surface area contributed by atoms with Crippen LogP contribution in [-0.2, 0) is 13.1 Å². The van der Waals surface area contributed by atoms with Crippen molar-refractivity contribution in [1.82, 2.24) is 14.5 Å². The van der Waals surface area contributed by atoms with Crippen LogP contribution in [0.5, 0.6) is 0 Å². The number of rotatable bonds is 9. The van der Waals surface area contributed by atoms with Gasteiger partial charge in [0.25, 0.3) is 5.91 Å². The molecule has 0 saturated heterocycles. The highest BCUT2D eigenvalue weighted by Gasteiger charge is 2.21. The minimum Gasteiger partial charge on any atom is -0.331 e. The summed E-state index contributed by atoms with van der Waals surface area (Å²) in [6, 6.07) is 11.7. The maximum atomic E-state index is 13.8. The predicted octanol–water partition coefficient (Wildman–Crippen LogP) is 6.07. The molecule has 0 N–H and O–H groups in total. The van der Waals surface area contributed by atoms with Gasteiger partial charge in [-0.25, -0.2) is 9.37 Å². The quantitative estimate of drug-likeness (QED) is 0.398. The smallest absolute Gasteiger partial charge is 0.255 e. The van der Waals surface area contributed by atoms with Crippen LogP contribution in [0.3, 0.4) is 0 Å². The number of carbonyl (C=O) groups excluding carboxylic acids is 1. The van der Waals surface area contributed by atoms with Gasteiger partial charge < -0.3 is 9.47 Å². The Balaban J connectivity index is 1.96. The summed E-state index contributed by atoms with van der Waals surface area (Å²) < 4.78 is 15.8. The van der Waals surface area contributed by atoms with Gasteiger partial charge in [0, 0.05) is 13.1 Å². The Hall–Kier alpha value is -2.40. The van der Waals surface area contributed by atoms with Gasteiger partial charge in [-0.15, -0.1) is 0 Å². The molecule has 0 spiro atoms. The number of benzene rings is 2. The van der Waals surface area contributed by atoms with E-state index < -0.39 is 0 Å². The van der Waals surface area contributed by atoms with Crippen molar-refractivity contribution in [2.75, 3.05) is 6.54 Å². The zero-order valence-corrected chi connectivity index (χ0v) is 17.8. The van der Waals surface area contributed by atoms with Crippen LogP contribution in [0.1, 0.15) is 55.7 Å². The summed E-state index contributed by atoms with van der Waals surface area (Å²) in [5, 5.41) is 0.446. The van der Waals surface area contributed by atoms with Crippen molar-refractivity contribution in [1.29, 1.82) is 0 Å². The van der Waals surface area contributed by atoms with E-state index in [1.807, 2.05) is 16.7 Å². The molecule has 2 aromatic carbocycles. The van der Waals surface area contributed by atoms with Gasteiger partial charge >= 0.3 is 0 Å². The summed E-state index contributed by atoms with van der Waals surface area (Å²) in [6.07, 6.45) is 3.92. The first-order chi connectivity index (χ1) is 14.0. The number of aryl methyl sites for hydroxylation is 1. The number of hydrogen-bond donors (Lipinski definition) is 0. The summed E-state index contributed by atoms with van der Waals surface area (Å²) in [7, 11) is 0. The lowest BCUT2D eigenvalue weighted by molar-refractivity contribution is 0.0734. The normalized spacial score (nSPS) is 11.2. The van der Waals surface area contributed by atoms with Gasteiger partial charge in [-0.1, -0.05) is 50.4 Å². The number of nitrogens with zero attached hydrogens (tertiary/aromatic N) is 3. The standard InChI is InChI=1S/C23H27ClFN3O/c1-3-5-8-14-27(23(29)18-9-6-7-10-19(18)24)16-22-26-20-12-11-17(25)15-21(20)28(22)13-4-2/h6-7,9-12,15H,3-5,8,13-14,16H2,1-2H3. The number of hydrogen-bond acceptors (Lipinski definition) is 2. The second-order valence-electron chi connectivity index (χ2n) is 7.23. The van der Waals surface area contributed by atoms with Crippen LogP contribution in [0.25, 0.3) is 11.0 Å². The Morgan fingerprint density at radius 3 is 2.66 bits per heavy atom. The number of imidazole rings is 1. The van der Waals surface area contributed by atoms with Crippen molar-refractivity contribution in [2.45, 2.75) is 52.6 Å². The third kappa shape index (κ3) is 4.96.